The van der Waals surface area contributed by atoms with Crippen molar-refractivity contribution in [3.63, 3.8) is 0 Å². The number of benzene rings is 2. The Morgan fingerprint density at radius 3 is 2.62 bits per heavy atom. The van der Waals surface area contributed by atoms with E-state index in [1.54, 1.807) is 54.9 Å². The molecule has 32 heavy (non-hydrogen) atoms. The fraction of sp³-hybridized carbons (Fsp3) is 0.167. The first-order valence-electron chi connectivity index (χ1n) is 9.94. The number of ether oxygens (including phenoxy) is 1. The van der Waals surface area contributed by atoms with Gasteiger partial charge < -0.3 is 9.64 Å². The van der Waals surface area contributed by atoms with E-state index in [2.05, 4.69) is 27.6 Å². The van der Waals surface area contributed by atoms with E-state index in [-0.39, 0.29) is 24.8 Å². The summed E-state index contributed by atoms with van der Waals surface area (Å²) in [6.45, 7) is 0.147. The Hall–Kier alpha value is -3.27. The third-order valence-corrected chi connectivity index (χ3v) is 5.96. The Labute approximate surface area is 199 Å². The van der Waals surface area contributed by atoms with Gasteiger partial charge in [0.25, 0.3) is 11.8 Å². The van der Waals surface area contributed by atoms with Crippen LogP contribution in [0.2, 0.25) is 0 Å². The van der Waals surface area contributed by atoms with Crippen molar-refractivity contribution in [2.75, 3.05) is 12.0 Å². The number of hydrogen-bond donors (Lipinski definition) is 0. The molecule has 0 saturated carbocycles. The third-order valence-electron chi connectivity index (χ3n) is 5.24. The molecule has 0 aliphatic carbocycles. The van der Waals surface area contributed by atoms with Gasteiger partial charge in [0.2, 0.25) is 5.91 Å². The summed E-state index contributed by atoms with van der Waals surface area (Å²) in [6.07, 6.45) is 3.20. The van der Waals surface area contributed by atoms with E-state index in [1.165, 1.54) is 12.0 Å². The highest BCUT2D eigenvalue weighted by Gasteiger charge is 2.44. The lowest BCUT2D eigenvalue weighted by Crippen LogP contribution is -2.45. The normalized spacial score (nSPS) is 15.7. The number of rotatable bonds is 6. The van der Waals surface area contributed by atoms with E-state index in [9.17, 15) is 14.4 Å². The van der Waals surface area contributed by atoms with Crippen molar-refractivity contribution in [2.24, 2.45) is 0 Å². The minimum Gasteiger partial charge on any atom is -0.497 e. The fourth-order valence-corrected chi connectivity index (χ4v) is 4.01. The average molecular weight is 541 g/mol. The first-order chi connectivity index (χ1) is 15.5. The van der Waals surface area contributed by atoms with Crippen molar-refractivity contribution in [3.05, 3.63) is 87.8 Å². The van der Waals surface area contributed by atoms with Crippen LogP contribution in [0.3, 0.4) is 0 Å². The fourth-order valence-electron chi connectivity index (χ4n) is 3.65. The maximum atomic E-state index is 13.5. The van der Waals surface area contributed by atoms with Crippen molar-refractivity contribution in [2.45, 2.75) is 19.0 Å². The van der Waals surface area contributed by atoms with Crippen molar-refractivity contribution < 1.29 is 19.1 Å². The molecule has 1 fully saturated rings. The number of halogens is 1. The zero-order valence-corrected chi connectivity index (χ0v) is 19.4. The van der Waals surface area contributed by atoms with Crippen LogP contribution in [0.25, 0.3) is 0 Å². The standard InChI is InChI=1S/C24H20IN3O4/c1-32-20-6-2-5-17(12-20)23(30)27(15-16-4-3-11-26-14-16)21-13-22(29)28(24(21)31)19-9-7-18(25)8-10-19/h2-12,14,21H,13,15H2,1H3. The summed E-state index contributed by atoms with van der Waals surface area (Å²) in [5.74, 6) is -0.581. The summed E-state index contributed by atoms with van der Waals surface area (Å²) in [5, 5.41) is 0. The van der Waals surface area contributed by atoms with E-state index in [1.807, 2.05) is 18.2 Å². The van der Waals surface area contributed by atoms with Gasteiger partial charge in [-0.1, -0.05) is 12.1 Å². The van der Waals surface area contributed by atoms with Gasteiger partial charge in [-0.25, -0.2) is 4.90 Å². The maximum absolute atomic E-state index is 13.5. The van der Waals surface area contributed by atoms with Crippen molar-refractivity contribution in [1.29, 1.82) is 0 Å². The Bertz CT molecular complexity index is 1150. The molecule has 162 valence electrons. The number of anilines is 1. The van der Waals surface area contributed by atoms with Crippen LogP contribution in [0.4, 0.5) is 5.69 Å². The molecule has 3 aromatic rings. The Morgan fingerprint density at radius 1 is 1.16 bits per heavy atom. The number of aromatic nitrogens is 1. The van der Waals surface area contributed by atoms with E-state index in [0.29, 0.717) is 17.0 Å². The van der Waals surface area contributed by atoms with Crippen LogP contribution in [-0.4, -0.2) is 40.8 Å². The lowest BCUT2D eigenvalue weighted by atomic mass is 10.1. The molecule has 3 amide bonds. The average Bonchev–Trinajstić information content (AvgIpc) is 3.12. The van der Waals surface area contributed by atoms with Crippen LogP contribution in [0.1, 0.15) is 22.3 Å². The maximum Gasteiger partial charge on any atom is 0.257 e. The molecule has 1 unspecified atom stereocenters. The van der Waals surface area contributed by atoms with Gasteiger partial charge in [0.05, 0.1) is 19.2 Å². The summed E-state index contributed by atoms with van der Waals surface area (Å²) < 4.78 is 6.23. The monoisotopic (exact) mass is 541 g/mol. The number of pyridine rings is 1. The minimum atomic E-state index is -0.916. The quantitative estimate of drug-likeness (QED) is 0.352. The van der Waals surface area contributed by atoms with E-state index in [0.717, 1.165) is 14.0 Å². The van der Waals surface area contributed by atoms with Crippen molar-refractivity contribution in [3.8, 4) is 5.75 Å². The molecule has 0 N–H and O–H groups in total. The zero-order chi connectivity index (χ0) is 22.7. The van der Waals surface area contributed by atoms with E-state index in [4.69, 9.17) is 4.74 Å². The smallest absolute Gasteiger partial charge is 0.257 e. The summed E-state index contributed by atoms with van der Waals surface area (Å²) in [7, 11) is 1.52. The Kier molecular flexibility index (Phi) is 6.50. The molecular weight excluding hydrogens is 521 g/mol. The molecule has 2 heterocycles. The number of hydrogen-bond acceptors (Lipinski definition) is 5. The van der Waals surface area contributed by atoms with Crippen molar-refractivity contribution in [1.82, 2.24) is 9.88 Å². The second kappa shape index (κ2) is 9.47. The van der Waals surface area contributed by atoms with E-state index < -0.39 is 11.9 Å². The molecule has 2 aromatic carbocycles. The highest BCUT2D eigenvalue weighted by atomic mass is 127. The number of nitrogens with zero attached hydrogens (tertiary/aromatic N) is 3. The van der Waals surface area contributed by atoms with Gasteiger partial charge >= 0.3 is 0 Å². The predicted molar refractivity (Wildman–Crippen MR) is 127 cm³/mol. The molecule has 0 bridgehead atoms. The zero-order valence-electron chi connectivity index (χ0n) is 17.3. The van der Waals surface area contributed by atoms with Crippen LogP contribution in [0.5, 0.6) is 5.75 Å². The summed E-state index contributed by atoms with van der Waals surface area (Å²) in [4.78, 5) is 46.4. The Morgan fingerprint density at radius 2 is 1.94 bits per heavy atom. The third kappa shape index (κ3) is 4.50. The largest absolute Gasteiger partial charge is 0.497 e. The van der Waals surface area contributed by atoms with Crippen LogP contribution >= 0.6 is 22.6 Å². The van der Waals surface area contributed by atoms with Gasteiger partial charge in [0, 0.05) is 28.1 Å². The van der Waals surface area contributed by atoms with Gasteiger partial charge in [0.1, 0.15) is 11.8 Å². The SMILES string of the molecule is COc1cccc(C(=O)N(Cc2cccnc2)C2CC(=O)N(c3ccc(I)cc3)C2=O)c1. The molecule has 8 heteroatoms. The van der Waals surface area contributed by atoms with Crippen LogP contribution in [0.15, 0.2) is 73.1 Å². The van der Waals surface area contributed by atoms with Crippen LogP contribution in [-0.2, 0) is 16.1 Å². The topological polar surface area (TPSA) is 79.8 Å². The lowest BCUT2D eigenvalue weighted by Gasteiger charge is -2.28. The Balaban J connectivity index is 1.69. The molecule has 1 aromatic heterocycles. The van der Waals surface area contributed by atoms with Gasteiger partial charge in [-0.3, -0.25) is 19.4 Å². The second-order valence-corrected chi connectivity index (χ2v) is 8.54. The van der Waals surface area contributed by atoms with Gasteiger partial charge in [-0.2, -0.15) is 0 Å². The van der Waals surface area contributed by atoms with E-state index >= 15 is 0 Å². The molecule has 0 radical (unpaired) electrons. The molecule has 1 saturated heterocycles. The highest BCUT2D eigenvalue weighted by molar-refractivity contribution is 14.1. The molecule has 4 rings (SSSR count). The van der Waals surface area contributed by atoms with Crippen LogP contribution in [0, 0.1) is 3.57 Å². The number of methoxy groups -OCH3 is 1. The number of carbonyl (C=O) groups is 3. The van der Waals surface area contributed by atoms with Gasteiger partial charge in [-0.15, -0.1) is 0 Å². The van der Waals surface area contributed by atoms with Gasteiger partial charge in [-0.05, 0) is 76.7 Å². The summed E-state index contributed by atoms with van der Waals surface area (Å²) in [5.41, 5.74) is 1.64. The molecule has 1 aliphatic heterocycles. The first kappa shape index (κ1) is 21.9. The van der Waals surface area contributed by atoms with Crippen molar-refractivity contribution >= 4 is 46.0 Å². The second-order valence-electron chi connectivity index (χ2n) is 7.29. The molecule has 1 atom stereocenters. The molecule has 1 aliphatic rings. The molecule has 0 spiro atoms. The minimum absolute atomic E-state index is 0.0825. The number of amides is 3. The predicted octanol–water partition coefficient (Wildman–Crippen LogP) is 3.67. The molecule has 7 nitrogen and oxygen atoms in total. The lowest BCUT2D eigenvalue weighted by molar-refractivity contribution is -0.122. The summed E-state index contributed by atoms with van der Waals surface area (Å²) in [6, 6.07) is 16.6. The number of carbonyl (C=O) groups excluding carboxylic acids is 3. The number of imide groups is 1. The first-order valence-corrected chi connectivity index (χ1v) is 11.0. The summed E-state index contributed by atoms with van der Waals surface area (Å²) >= 11 is 2.16. The highest BCUT2D eigenvalue weighted by Crippen LogP contribution is 2.28. The molecular formula is C24H20IN3O4. The van der Waals surface area contributed by atoms with Crippen LogP contribution < -0.4 is 9.64 Å². The van der Waals surface area contributed by atoms with Gasteiger partial charge in [0.15, 0.2) is 0 Å².